The van der Waals surface area contributed by atoms with E-state index >= 15 is 0 Å². The topological polar surface area (TPSA) is 77.0 Å². The summed E-state index contributed by atoms with van der Waals surface area (Å²) in [4.78, 5) is 18.8. The molecule has 1 fully saturated rings. The van der Waals surface area contributed by atoms with Crippen molar-refractivity contribution in [2.45, 2.75) is 32.6 Å². The zero-order chi connectivity index (χ0) is 18.8. The molecule has 7 nitrogen and oxygen atoms in total. The van der Waals surface area contributed by atoms with Gasteiger partial charge in [-0.2, -0.15) is 10.1 Å². The van der Waals surface area contributed by atoms with Crippen molar-refractivity contribution in [1.29, 1.82) is 0 Å². The summed E-state index contributed by atoms with van der Waals surface area (Å²) < 4.78 is 8.04. The van der Waals surface area contributed by atoms with Crippen LogP contribution in [0.15, 0.2) is 39.5 Å². The molecule has 0 bridgehead atoms. The number of carbonyl (C=O) groups excluding carboxylic acids is 1. The summed E-state index contributed by atoms with van der Waals surface area (Å²) >= 11 is 3.43. The van der Waals surface area contributed by atoms with Crippen molar-refractivity contribution in [3.8, 4) is 17.1 Å². The van der Waals surface area contributed by atoms with Gasteiger partial charge in [0.25, 0.3) is 0 Å². The number of hydrogen-bond acceptors (Lipinski definition) is 5. The van der Waals surface area contributed by atoms with Gasteiger partial charge in [0.1, 0.15) is 0 Å². The molecule has 0 atom stereocenters. The Morgan fingerprint density at radius 1 is 1.11 bits per heavy atom. The average molecular weight is 430 g/mol. The molecule has 0 aliphatic carbocycles. The van der Waals surface area contributed by atoms with Crippen LogP contribution < -0.4 is 0 Å². The first-order chi connectivity index (χ1) is 13.1. The van der Waals surface area contributed by atoms with Crippen LogP contribution in [-0.4, -0.2) is 43.8 Å². The van der Waals surface area contributed by atoms with Gasteiger partial charge in [0, 0.05) is 23.8 Å². The maximum absolute atomic E-state index is 12.6. The van der Waals surface area contributed by atoms with E-state index in [2.05, 4.69) is 31.2 Å². The third-order valence-electron chi connectivity index (χ3n) is 4.73. The SMILES string of the molecule is Cc1nn(-c2ccc(Br)cc2)cc1-c1noc(C(=O)N2CCCCCC2)n1. The molecule has 1 saturated heterocycles. The predicted molar refractivity (Wildman–Crippen MR) is 104 cm³/mol. The Morgan fingerprint density at radius 2 is 1.81 bits per heavy atom. The largest absolute Gasteiger partial charge is 0.334 e. The molecule has 0 N–H and O–H groups in total. The van der Waals surface area contributed by atoms with E-state index in [4.69, 9.17) is 4.52 Å². The molecule has 4 rings (SSSR count). The van der Waals surface area contributed by atoms with Crippen LogP contribution in [0.4, 0.5) is 0 Å². The van der Waals surface area contributed by atoms with E-state index in [1.54, 1.807) is 4.68 Å². The number of rotatable bonds is 3. The van der Waals surface area contributed by atoms with Crippen LogP contribution in [0.25, 0.3) is 17.1 Å². The number of carbonyl (C=O) groups is 1. The summed E-state index contributed by atoms with van der Waals surface area (Å²) in [5.41, 5.74) is 2.45. The molecular formula is C19H20BrN5O2. The second-order valence-electron chi connectivity index (χ2n) is 6.68. The quantitative estimate of drug-likeness (QED) is 0.628. The zero-order valence-electron chi connectivity index (χ0n) is 15.1. The fourth-order valence-electron chi connectivity index (χ4n) is 3.23. The minimum atomic E-state index is -0.186. The summed E-state index contributed by atoms with van der Waals surface area (Å²) in [6, 6.07) is 7.84. The Labute approximate surface area is 165 Å². The van der Waals surface area contributed by atoms with Crippen LogP contribution >= 0.6 is 15.9 Å². The zero-order valence-corrected chi connectivity index (χ0v) is 16.6. The van der Waals surface area contributed by atoms with Crippen molar-refractivity contribution < 1.29 is 9.32 Å². The van der Waals surface area contributed by atoms with E-state index in [-0.39, 0.29) is 11.8 Å². The first-order valence-corrected chi connectivity index (χ1v) is 9.87. The molecule has 0 radical (unpaired) electrons. The standard InChI is InChI=1S/C19H20BrN5O2/c1-13-16(12-25(22-13)15-8-6-14(20)7-9-15)17-21-18(27-23-17)19(26)24-10-4-2-3-5-11-24/h6-9,12H,2-5,10-11H2,1H3. The third kappa shape index (κ3) is 3.80. The van der Waals surface area contributed by atoms with Crippen LogP contribution in [0.3, 0.4) is 0 Å². The summed E-state index contributed by atoms with van der Waals surface area (Å²) in [5, 5.41) is 8.54. The van der Waals surface area contributed by atoms with Crippen molar-refractivity contribution in [1.82, 2.24) is 24.8 Å². The van der Waals surface area contributed by atoms with Crippen molar-refractivity contribution in [3.63, 3.8) is 0 Å². The van der Waals surface area contributed by atoms with Gasteiger partial charge in [0.15, 0.2) is 0 Å². The molecule has 1 aliphatic heterocycles. The highest BCUT2D eigenvalue weighted by Crippen LogP contribution is 2.23. The molecule has 0 unspecified atom stereocenters. The van der Waals surface area contributed by atoms with E-state index in [1.165, 1.54) is 0 Å². The highest BCUT2D eigenvalue weighted by molar-refractivity contribution is 9.10. The summed E-state index contributed by atoms with van der Waals surface area (Å²) in [7, 11) is 0. The minimum absolute atomic E-state index is 0.0442. The number of halogens is 1. The lowest BCUT2D eigenvalue weighted by molar-refractivity contribution is 0.0711. The van der Waals surface area contributed by atoms with Crippen molar-refractivity contribution in [2.75, 3.05) is 13.1 Å². The molecule has 1 aromatic carbocycles. The molecule has 3 heterocycles. The molecule has 27 heavy (non-hydrogen) atoms. The maximum Gasteiger partial charge on any atom is 0.316 e. The van der Waals surface area contributed by atoms with Crippen molar-refractivity contribution in [3.05, 3.63) is 46.5 Å². The van der Waals surface area contributed by atoms with Crippen molar-refractivity contribution >= 4 is 21.8 Å². The summed E-state index contributed by atoms with van der Waals surface area (Å²) in [6.07, 6.45) is 6.21. The fourth-order valence-corrected chi connectivity index (χ4v) is 3.50. The highest BCUT2D eigenvalue weighted by Gasteiger charge is 2.24. The van der Waals surface area contributed by atoms with E-state index in [0.717, 1.165) is 60.2 Å². The molecule has 8 heteroatoms. The van der Waals surface area contributed by atoms with Gasteiger partial charge in [-0.25, -0.2) is 4.68 Å². The minimum Gasteiger partial charge on any atom is -0.334 e. The molecule has 1 aliphatic rings. The molecule has 1 amide bonds. The lowest BCUT2D eigenvalue weighted by Crippen LogP contribution is -2.32. The Hall–Kier alpha value is -2.48. The fraction of sp³-hybridized carbons (Fsp3) is 0.368. The van der Waals surface area contributed by atoms with Crippen molar-refractivity contribution in [2.24, 2.45) is 0 Å². The van der Waals surface area contributed by atoms with Crippen LogP contribution in [0.1, 0.15) is 42.1 Å². The van der Waals surface area contributed by atoms with Gasteiger partial charge in [0.2, 0.25) is 5.82 Å². The Bertz CT molecular complexity index is 939. The van der Waals surface area contributed by atoms with Gasteiger partial charge in [-0.1, -0.05) is 33.9 Å². The van der Waals surface area contributed by atoms with Gasteiger partial charge in [-0.15, -0.1) is 0 Å². The lowest BCUT2D eigenvalue weighted by Gasteiger charge is -2.17. The van der Waals surface area contributed by atoms with Gasteiger partial charge in [-0.3, -0.25) is 4.79 Å². The van der Waals surface area contributed by atoms with Crippen LogP contribution in [0.5, 0.6) is 0 Å². The average Bonchev–Trinajstić information content (AvgIpc) is 3.20. The van der Waals surface area contributed by atoms with E-state index < -0.39 is 0 Å². The number of benzene rings is 1. The Balaban J connectivity index is 1.58. The Kier molecular flexibility index (Phi) is 5.07. The molecule has 0 spiro atoms. The number of aryl methyl sites for hydroxylation is 1. The number of amides is 1. The molecule has 2 aromatic heterocycles. The molecule has 0 saturated carbocycles. The summed E-state index contributed by atoms with van der Waals surface area (Å²) in [6.45, 7) is 3.38. The number of aromatic nitrogens is 4. The monoisotopic (exact) mass is 429 g/mol. The normalized spacial score (nSPS) is 15.0. The van der Waals surface area contributed by atoms with Crippen LogP contribution in [0.2, 0.25) is 0 Å². The number of likely N-dealkylation sites (tertiary alicyclic amines) is 1. The van der Waals surface area contributed by atoms with Crippen LogP contribution in [-0.2, 0) is 0 Å². The first kappa shape index (κ1) is 17.9. The van der Waals surface area contributed by atoms with Gasteiger partial charge in [-0.05, 0) is 44.0 Å². The second kappa shape index (κ2) is 7.64. The molecule has 140 valence electrons. The molecule has 3 aromatic rings. The highest BCUT2D eigenvalue weighted by atomic mass is 79.9. The van der Waals surface area contributed by atoms with E-state index in [1.807, 2.05) is 42.3 Å². The summed E-state index contributed by atoms with van der Waals surface area (Å²) in [5.74, 6) is 0.241. The van der Waals surface area contributed by atoms with E-state index in [9.17, 15) is 4.79 Å². The number of hydrogen-bond donors (Lipinski definition) is 0. The van der Waals surface area contributed by atoms with Gasteiger partial charge in [0.05, 0.1) is 16.9 Å². The first-order valence-electron chi connectivity index (χ1n) is 9.07. The van der Waals surface area contributed by atoms with Gasteiger partial charge >= 0.3 is 11.8 Å². The Morgan fingerprint density at radius 3 is 2.52 bits per heavy atom. The van der Waals surface area contributed by atoms with Crippen LogP contribution in [0, 0.1) is 6.92 Å². The lowest BCUT2D eigenvalue weighted by atomic mass is 10.2. The smallest absolute Gasteiger partial charge is 0.316 e. The number of nitrogens with zero attached hydrogens (tertiary/aromatic N) is 5. The predicted octanol–water partition coefficient (Wildman–Crippen LogP) is 4.01. The third-order valence-corrected chi connectivity index (χ3v) is 5.26. The molecular weight excluding hydrogens is 410 g/mol. The second-order valence-corrected chi connectivity index (χ2v) is 7.59. The maximum atomic E-state index is 12.6. The van der Waals surface area contributed by atoms with E-state index in [0.29, 0.717) is 5.82 Å². The van der Waals surface area contributed by atoms with Gasteiger partial charge < -0.3 is 9.42 Å².